The summed E-state index contributed by atoms with van der Waals surface area (Å²) in [6, 6.07) is 7.29. The van der Waals surface area contributed by atoms with Gasteiger partial charge in [-0.05, 0) is 37.1 Å². The number of benzene rings is 1. The molecule has 1 aromatic heterocycles. The number of hydrogen-bond acceptors (Lipinski definition) is 6. The highest BCUT2D eigenvalue weighted by Gasteiger charge is 2.09. The fourth-order valence-electron chi connectivity index (χ4n) is 1.75. The Morgan fingerprint density at radius 1 is 1.32 bits per heavy atom. The Hall–Kier alpha value is -2.65. The molecule has 0 bridgehead atoms. The standard InChI is InChI=1S/C13H13N5O/c1-8-5-10(7-14)6-9(2)12(8)19-11-3-4-16-13(17-11)18-15/h3-6H,15H2,1-2H3,(H,16,17,18). The molecule has 6 heteroatoms. The zero-order valence-electron chi connectivity index (χ0n) is 10.6. The Balaban J connectivity index is 2.36. The van der Waals surface area contributed by atoms with E-state index in [1.54, 1.807) is 24.4 Å². The number of nitrogens with two attached hydrogens (primary N) is 1. The molecule has 0 fully saturated rings. The fraction of sp³-hybridized carbons (Fsp3) is 0.154. The molecule has 0 aliphatic carbocycles. The van der Waals surface area contributed by atoms with Crippen LogP contribution in [0.3, 0.4) is 0 Å². The molecule has 0 atom stereocenters. The van der Waals surface area contributed by atoms with E-state index in [-0.39, 0.29) is 5.95 Å². The second-order valence-corrected chi connectivity index (χ2v) is 4.02. The number of anilines is 1. The molecule has 96 valence electrons. The lowest BCUT2D eigenvalue weighted by atomic mass is 10.1. The van der Waals surface area contributed by atoms with E-state index in [0.717, 1.165) is 11.1 Å². The summed E-state index contributed by atoms with van der Waals surface area (Å²) in [7, 11) is 0. The Morgan fingerprint density at radius 2 is 2.00 bits per heavy atom. The number of ether oxygens (including phenoxy) is 1. The van der Waals surface area contributed by atoms with Gasteiger partial charge < -0.3 is 4.74 Å². The molecule has 0 saturated carbocycles. The van der Waals surface area contributed by atoms with Crippen LogP contribution in [0.1, 0.15) is 16.7 Å². The molecule has 0 saturated heterocycles. The topological polar surface area (TPSA) is 96.8 Å². The van der Waals surface area contributed by atoms with Gasteiger partial charge in [0.05, 0.1) is 11.6 Å². The van der Waals surface area contributed by atoms with E-state index in [4.69, 9.17) is 15.8 Å². The summed E-state index contributed by atoms with van der Waals surface area (Å²) in [6.07, 6.45) is 1.55. The van der Waals surface area contributed by atoms with Crippen molar-refractivity contribution in [1.82, 2.24) is 9.97 Å². The van der Waals surface area contributed by atoms with Crippen molar-refractivity contribution in [1.29, 1.82) is 5.26 Å². The smallest absolute Gasteiger partial charge is 0.240 e. The molecule has 0 aliphatic heterocycles. The average molecular weight is 255 g/mol. The van der Waals surface area contributed by atoms with E-state index in [9.17, 15) is 0 Å². The van der Waals surface area contributed by atoms with Crippen molar-refractivity contribution >= 4 is 5.95 Å². The number of rotatable bonds is 3. The van der Waals surface area contributed by atoms with Crippen molar-refractivity contribution in [2.75, 3.05) is 5.43 Å². The fourth-order valence-corrected chi connectivity index (χ4v) is 1.75. The predicted octanol–water partition coefficient (Wildman–Crippen LogP) is 2.04. The zero-order chi connectivity index (χ0) is 13.8. The minimum atomic E-state index is 0.279. The summed E-state index contributed by atoms with van der Waals surface area (Å²) in [5.41, 5.74) is 4.71. The van der Waals surface area contributed by atoms with Crippen molar-refractivity contribution in [3.05, 3.63) is 41.1 Å². The summed E-state index contributed by atoms with van der Waals surface area (Å²) in [5, 5.41) is 8.90. The minimum absolute atomic E-state index is 0.279. The summed E-state index contributed by atoms with van der Waals surface area (Å²) in [6.45, 7) is 3.76. The Kier molecular flexibility index (Phi) is 3.59. The van der Waals surface area contributed by atoms with E-state index < -0.39 is 0 Å². The highest BCUT2D eigenvalue weighted by Crippen LogP contribution is 2.28. The predicted molar refractivity (Wildman–Crippen MR) is 70.5 cm³/mol. The summed E-state index contributed by atoms with van der Waals surface area (Å²) < 4.78 is 5.73. The van der Waals surface area contributed by atoms with E-state index in [1.807, 2.05) is 13.8 Å². The second-order valence-electron chi connectivity index (χ2n) is 4.02. The number of aryl methyl sites for hydroxylation is 2. The van der Waals surface area contributed by atoms with Gasteiger partial charge in [0.2, 0.25) is 11.8 Å². The van der Waals surface area contributed by atoms with Gasteiger partial charge in [-0.3, -0.25) is 5.43 Å². The lowest BCUT2D eigenvalue weighted by Gasteiger charge is -2.11. The maximum atomic E-state index is 8.90. The number of nitrogens with one attached hydrogen (secondary N) is 1. The van der Waals surface area contributed by atoms with Crippen molar-refractivity contribution in [2.24, 2.45) is 5.84 Å². The Morgan fingerprint density at radius 3 is 2.58 bits per heavy atom. The van der Waals surface area contributed by atoms with Crippen LogP contribution < -0.4 is 16.0 Å². The minimum Gasteiger partial charge on any atom is -0.438 e. The molecule has 1 heterocycles. The van der Waals surface area contributed by atoms with E-state index >= 15 is 0 Å². The van der Waals surface area contributed by atoms with Gasteiger partial charge in [-0.15, -0.1) is 0 Å². The lowest BCUT2D eigenvalue weighted by Crippen LogP contribution is -2.10. The highest BCUT2D eigenvalue weighted by molar-refractivity contribution is 5.48. The molecule has 3 N–H and O–H groups in total. The third-order valence-corrected chi connectivity index (χ3v) is 2.56. The number of hydrogen-bond donors (Lipinski definition) is 2. The van der Waals surface area contributed by atoms with Crippen molar-refractivity contribution in [3.63, 3.8) is 0 Å². The maximum absolute atomic E-state index is 8.90. The molecule has 0 unspecified atom stereocenters. The number of hydrazine groups is 1. The first-order chi connectivity index (χ1) is 9.13. The molecular weight excluding hydrogens is 242 g/mol. The molecule has 0 radical (unpaired) electrons. The van der Waals surface area contributed by atoms with Gasteiger partial charge >= 0.3 is 0 Å². The van der Waals surface area contributed by atoms with Crippen LogP contribution in [0.5, 0.6) is 11.6 Å². The van der Waals surface area contributed by atoms with Crippen LogP contribution in [0.4, 0.5) is 5.95 Å². The van der Waals surface area contributed by atoms with Gasteiger partial charge in [-0.1, -0.05) is 0 Å². The molecule has 2 aromatic rings. The molecule has 0 aliphatic rings. The van der Waals surface area contributed by atoms with Crippen LogP contribution in [-0.4, -0.2) is 9.97 Å². The molecule has 19 heavy (non-hydrogen) atoms. The van der Waals surface area contributed by atoms with Gasteiger partial charge in [0, 0.05) is 12.3 Å². The molecule has 6 nitrogen and oxygen atoms in total. The first-order valence-corrected chi connectivity index (χ1v) is 5.63. The monoisotopic (exact) mass is 255 g/mol. The van der Waals surface area contributed by atoms with E-state index in [0.29, 0.717) is 17.2 Å². The van der Waals surface area contributed by atoms with Crippen LogP contribution in [0.25, 0.3) is 0 Å². The molecule has 1 aromatic carbocycles. The quantitative estimate of drug-likeness (QED) is 0.643. The van der Waals surface area contributed by atoms with Gasteiger partial charge in [-0.2, -0.15) is 10.2 Å². The number of nitrogens with zero attached hydrogens (tertiary/aromatic N) is 3. The highest BCUT2D eigenvalue weighted by atomic mass is 16.5. The summed E-state index contributed by atoms with van der Waals surface area (Å²) in [4.78, 5) is 7.98. The molecule has 0 spiro atoms. The van der Waals surface area contributed by atoms with E-state index in [2.05, 4.69) is 21.5 Å². The summed E-state index contributed by atoms with van der Waals surface area (Å²) in [5.74, 6) is 6.59. The van der Waals surface area contributed by atoms with Gasteiger partial charge in [-0.25, -0.2) is 10.8 Å². The average Bonchev–Trinajstić information content (AvgIpc) is 2.42. The van der Waals surface area contributed by atoms with Crippen molar-refractivity contribution < 1.29 is 4.74 Å². The Bertz CT molecular complexity index is 625. The van der Waals surface area contributed by atoms with Gasteiger partial charge in [0.15, 0.2) is 0 Å². The number of aromatic nitrogens is 2. The lowest BCUT2D eigenvalue weighted by molar-refractivity contribution is 0.455. The Labute approximate surface area is 110 Å². The van der Waals surface area contributed by atoms with Crippen molar-refractivity contribution in [3.8, 4) is 17.7 Å². The van der Waals surface area contributed by atoms with Crippen LogP contribution in [0, 0.1) is 25.2 Å². The molecule has 0 amide bonds. The van der Waals surface area contributed by atoms with Gasteiger partial charge in [0.1, 0.15) is 5.75 Å². The van der Waals surface area contributed by atoms with Gasteiger partial charge in [0.25, 0.3) is 0 Å². The van der Waals surface area contributed by atoms with Crippen LogP contribution >= 0.6 is 0 Å². The third kappa shape index (κ3) is 2.78. The molecular formula is C13H13N5O. The SMILES string of the molecule is Cc1cc(C#N)cc(C)c1Oc1ccnc(NN)n1. The molecule has 2 rings (SSSR count). The van der Waals surface area contributed by atoms with Crippen LogP contribution in [0.15, 0.2) is 24.4 Å². The first-order valence-electron chi connectivity index (χ1n) is 5.63. The normalized spacial score (nSPS) is 9.79. The van der Waals surface area contributed by atoms with Crippen LogP contribution in [0.2, 0.25) is 0 Å². The first kappa shape index (κ1) is 12.8. The zero-order valence-corrected chi connectivity index (χ0v) is 10.6. The van der Waals surface area contributed by atoms with Crippen molar-refractivity contribution in [2.45, 2.75) is 13.8 Å². The third-order valence-electron chi connectivity index (χ3n) is 2.56. The largest absolute Gasteiger partial charge is 0.438 e. The maximum Gasteiger partial charge on any atom is 0.240 e. The van der Waals surface area contributed by atoms with Crippen LogP contribution in [-0.2, 0) is 0 Å². The summed E-state index contributed by atoms with van der Waals surface area (Å²) >= 11 is 0. The van der Waals surface area contributed by atoms with E-state index in [1.165, 1.54) is 0 Å². The second kappa shape index (κ2) is 5.33. The number of nitrogen functional groups attached to an aromatic ring is 1. The number of nitriles is 1.